The molecule has 4 nitrogen and oxygen atoms in total. The zero-order chi connectivity index (χ0) is 13.7. The van der Waals surface area contributed by atoms with Gasteiger partial charge in [-0.05, 0) is 38.6 Å². The van der Waals surface area contributed by atoms with E-state index in [1.165, 1.54) is 25.7 Å². The third kappa shape index (κ3) is 2.23. The van der Waals surface area contributed by atoms with Crippen LogP contribution in [0, 0.1) is 0 Å². The highest BCUT2D eigenvalue weighted by Gasteiger charge is 2.66. The van der Waals surface area contributed by atoms with Crippen molar-refractivity contribution in [2.24, 2.45) is 0 Å². The molecule has 5 heteroatoms. The minimum Gasteiger partial charge on any atom is -0.331 e. The lowest BCUT2D eigenvalue weighted by Crippen LogP contribution is -2.65. The molecule has 108 valence electrons. The molecule has 0 aromatic heterocycles. The SMILES string of the molecule is CN(C)C(=O)N1C2(CC2)CN(CCCCl)CC12CC2. The van der Waals surface area contributed by atoms with Gasteiger partial charge in [0, 0.05) is 33.1 Å². The highest BCUT2D eigenvalue weighted by molar-refractivity contribution is 6.17. The van der Waals surface area contributed by atoms with Gasteiger partial charge in [-0.25, -0.2) is 4.79 Å². The molecule has 1 saturated heterocycles. The molecule has 0 aromatic rings. The lowest BCUT2D eigenvalue weighted by atomic mass is 10.0. The van der Waals surface area contributed by atoms with Crippen LogP contribution in [0.4, 0.5) is 4.79 Å². The molecule has 0 N–H and O–H groups in total. The first kappa shape index (κ1) is 13.5. The summed E-state index contributed by atoms with van der Waals surface area (Å²) in [4.78, 5) is 19.1. The molecule has 0 bridgehead atoms. The van der Waals surface area contributed by atoms with E-state index in [2.05, 4.69) is 9.80 Å². The first-order valence-corrected chi connectivity index (χ1v) is 7.86. The number of rotatable bonds is 3. The predicted octanol–water partition coefficient (Wildman–Crippen LogP) is 1.98. The number of urea groups is 1. The molecule has 3 rings (SSSR count). The van der Waals surface area contributed by atoms with Crippen LogP contribution in [0.5, 0.6) is 0 Å². The first-order chi connectivity index (χ1) is 9.03. The lowest BCUT2D eigenvalue weighted by molar-refractivity contribution is 0.0159. The molecule has 3 fully saturated rings. The fourth-order valence-corrected chi connectivity index (χ4v) is 3.75. The molecule has 2 spiro atoms. The monoisotopic (exact) mass is 285 g/mol. The fraction of sp³-hybridized carbons (Fsp3) is 0.929. The molecular weight excluding hydrogens is 262 g/mol. The number of hydrogen-bond donors (Lipinski definition) is 0. The number of amides is 2. The Morgan fingerprint density at radius 1 is 1.16 bits per heavy atom. The zero-order valence-electron chi connectivity index (χ0n) is 12.0. The van der Waals surface area contributed by atoms with Crippen LogP contribution < -0.4 is 0 Å². The second-order valence-corrected chi connectivity index (χ2v) is 7.09. The Morgan fingerprint density at radius 3 is 2.05 bits per heavy atom. The Hall–Kier alpha value is -0.480. The van der Waals surface area contributed by atoms with Crippen LogP contribution in [-0.4, -0.2) is 71.4 Å². The Morgan fingerprint density at radius 2 is 1.68 bits per heavy atom. The van der Waals surface area contributed by atoms with E-state index in [9.17, 15) is 4.79 Å². The maximum Gasteiger partial charge on any atom is 0.320 e. The second kappa shape index (κ2) is 4.52. The van der Waals surface area contributed by atoms with E-state index in [-0.39, 0.29) is 17.1 Å². The minimum absolute atomic E-state index is 0.141. The molecule has 0 aromatic carbocycles. The summed E-state index contributed by atoms with van der Waals surface area (Å²) in [5.74, 6) is 0.733. The standard InChI is InChI=1S/C14H24ClN3O/c1-16(2)12(19)18-13(4-5-13)10-17(9-3-8-15)11-14(18)6-7-14/h3-11H2,1-2H3. The molecule has 0 radical (unpaired) electrons. The highest BCUT2D eigenvalue weighted by atomic mass is 35.5. The summed E-state index contributed by atoms with van der Waals surface area (Å²) < 4.78 is 0. The van der Waals surface area contributed by atoms with Crippen molar-refractivity contribution in [2.75, 3.05) is 39.6 Å². The number of nitrogens with zero attached hydrogens (tertiary/aromatic N) is 3. The van der Waals surface area contributed by atoms with Crippen LogP contribution in [0.2, 0.25) is 0 Å². The van der Waals surface area contributed by atoms with Gasteiger partial charge in [0.25, 0.3) is 0 Å². The highest BCUT2D eigenvalue weighted by Crippen LogP contribution is 2.57. The summed E-state index contributed by atoms with van der Waals surface area (Å²) in [6.07, 6.45) is 5.74. The van der Waals surface area contributed by atoms with Crippen LogP contribution >= 0.6 is 11.6 Å². The van der Waals surface area contributed by atoms with E-state index in [0.29, 0.717) is 0 Å². The summed E-state index contributed by atoms with van der Waals surface area (Å²) in [5.41, 5.74) is 0.283. The Balaban J connectivity index is 1.78. The molecule has 3 aliphatic rings. The van der Waals surface area contributed by atoms with Gasteiger partial charge in [0.15, 0.2) is 0 Å². The maximum atomic E-state index is 12.5. The second-order valence-electron chi connectivity index (χ2n) is 6.71. The molecule has 0 unspecified atom stereocenters. The number of halogens is 1. The van der Waals surface area contributed by atoms with Gasteiger partial charge in [-0.2, -0.15) is 0 Å². The van der Waals surface area contributed by atoms with E-state index in [1.54, 1.807) is 4.90 Å². The van der Waals surface area contributed by atoms with Crippen LogP contribution in [0.3, 0.4) is 0 Å². The van der Waals surface area contributed by atoms with Crippen LogP contribution in [0.15, 0.2) is 0 Å². The van der Waals surface area contributed by atoms with Gasteiger partial charge < -0.3 is 9.80 Å². The van der Waals surface area contributed by atoms with Crippen molar-refractivity contribution in [1.29, 1.82) is 0 Å². The fourth-order valence-electron chi connectivity index (χ4n) is 3.63. The van der Waals surface area contributed by atoms with Crippen molar-refractivity contribution < 1.29 is 4.79 Å². The number of carbonyl (C=O) groups is 1. The van der Waals surface area contributed by atoms with Gasteiger partial charge in [-0.1, -0.05) is 0 Å². The summed E-state index contributed by atoms with van der Waals surface area (Å²) in [5, 5.41) is 0. The van der Waals surface area contributed by atoms with Crippen molar-refractivity contribution >= 4 is 17.6 Å². The summed E-state index contributed by atoms with van der Waals surface area (Å²) in [7, 11) is 3.74. The molecule has 1 heterocycles. The quantitative estimate of drug-likeness (QED) is 0.742. The van der Waals surface area contributed by atoms with Crippen LogP contribution in [0.25, 0.3) is 0 Å². The van der Waals surface area contributed by atoms with Gasteiger partial charge in [-0.3, -0.25) is 4.90 Å². The van der Waals surface area contributed by atoms with Crippen LogP contribution in [0.1, 0.15) is 32.1 Å². The largest absolute Gasteiger partial charge is 0.331 e. The molecule has 1 aliphatic heterocycles. The zero-order valence-corrected chi connectivity index (χ0v) is 12.7. The third-order valence-electron chi connectivity index (χ3n) is 4.82. The minimum atomic E-state index is 0.141. The smallest absolute Gasteiger partial charge is 0.320 e. The Bertz CT molecular complexity index is 355. The Kier molecular flexibility index (Phi) is 3.21. The summed E-state index contributed by atoms with van der Waals surface area (Å²) in [6, 6.07) is 0.215. The average Bonchev–Trinajstić information content (AvgIpc) is 3.27. The van der Waals surface area contributed by atoms with Crippen molar-refractivity contribution in [3.05, 3.63) is 0 Å². The maximum absolute atomic E-state index is 12.5. The molecule has 19 heavy (non-hydrogen) atoms. The molecule has 2 saturated carbocycles. The average molecular weight is 286 g/mol. The first-order valence-electron chi connectivity index (χ1n) is 7.33. The van der Waals surface area contributed by atoms with Crippen molar-refractivity contribution in [2.45, 2.75) is 43.2 Å². The van der Waals surface area contributed by atoms with E-state index in [0.717, 1.165) is 31.9 Å². The lowest BCUT2D eigenvalue weighted by Gasteiger charge is -2.49. The van der Waals surface area contributed by atoms with Gasteiger partial charge in [-0.15, -0.1) is 11.6 Å². The van der Waals surface area contributed by atoms with Crippen molar-refractivity contribution in [3.8, 4) is 0 Å². The predicted molar refractivity (Wildman–Crippen MR) is 76.6 cm³/mol. The molecule has 2 aliphatic carbocycles. The number of piperazine rings is 1. The van der Waals surface area contributed by atoms with Gasteiger partial charge in [0.1, 0.15) is 0 Å². The molecule has 0 atom stereocenters. The van der Waals surface area contributed by atoms with Crippen LogP contribution in [-0.2, 0) is 0 Å². The Labute approximate surface area is 120 Å². The topological polar surface area (TPSA) is 26.8 Å². The van der Waals surface area contributed by atoms with E-state index in [1.807, 2.05) is 14.1 Å². The van der Waals surface area contributed by atoms with Gasteiger partial charge >= 0.3 is 6.03 Å². The molecule has 2 amide bonds. The van der Waals surface area contributed by atoms with Gasteiger partial charge in [0.2, 0.25) is 0 Å². The number of alkyl halides is 1. The van der Waals surface area contributed by atoms with E-state index < -0.39 is 0 Å². The van der Waals surface area contributed by atoms with E-state index in [4.69, 9.17) is 11.6 Å². The third-order valence-corrected chi connectivity index (χ3v) is 5.09. The number of hydrogen-bond acceptors (Lipinski definition) is 2. The normalized spacial score (nSPS) is 26.8. The summed E-state index contributed by atoms with van der Waals surface area (Å²) in [6.45, 7) is 3.17. The summed E-state index contributed by atoms with van der Waals surface area (Å²) >= 11 is 5.82. The van der Waals surface area contributed by atoms with E-state index >= 15 is 0 Å². The molecular formula is C14H24ClN3O. The van der Waals surface area contributed by atoms with Crippen molar-refractivity contribution in [3.63, 3.8) is 0 Å². The number of carbonyl (C=O) groups excluding carboxylic acids is 1. The van der Waals surface area contributed by atoms with Gasteiger partial charge in [0.05, 0.1) is 11.1 Å². The van der Waals surface area contributed by atoms with Crippen molar-refractivity contribution in [1.82, 2.24) is 14.7 Å².